The summed E-state index contributed by atoms with van der Waals surface area (Å²) >= 11 is 0. The molecule has 94 valence electrons. The fourth-order valence-electron chi connectivity index (χ4n) is 1.26. The zero-order chi connectivity index (χ0) is 12.5. The normalized spacial score (nSPS) is 10.2. The van der Waals surface area contributed by atoms with Crippen LogP contribution in [0.5, 0.6) is 5.88 Å². The van der Waals surface area contributed by atoms with Gasteiger partial charge in [-0.25, -0.2) is 4.98 Å². The molecule has 0 bridgehead atoms. The number of hydrogen-bond donors (Lipinski definition) is 0. The monoisotopic (exact) mass is 237 g/mol. The number of carbonyl (C=O) groups excluding carboxylic acids is 1. The molecule has 17 heavy (non-hydrogen) atoms. The van der Waals surface area contributed by atoms with Gasteiger partial charge in [0.15, 0.2) is 5.78 Å². The van der Waals surface area contributed by atoms with Crippen LogP contribution in [0.15, 0.2) is 18.3 Å². The molecule has 0 atom stereocenters. The van der Waals surface area contributed by atoms with Gasteiger partial charge in [-0.3, -0.25) is 4.79 Å². The third-order valence-electron chi connectivity index (χ3n) is 2.26. The molecule has 1 rings (SSSR count). The molecule has 0 spiro atoms. The van der Waals surface area contributed by atoms with E-state index >= 15 is 0 Å². The first-order valence-electron chi connectivity index (χ1n) is 5.91. The molecule has 0 aliphatic rings. The number of ether oxygens (including phenoxy) is 2. The average Bonchev–Trinajstić information content (AvgIpc) is 2.34. The molecule has 0 aliphatic heterocycles. The molecule has 0 amide bonds. The summed E-state index contributed by atoms with van der Waals surface area (Å²) in [6.45, 7) is 5.41. The third kappa shape index (κ3) is 5.45. The van der Waals surface area contributed by atoms with E-state index < -0.39 is 0 Å². The molecular weight excluding hydrogens is 218 g/mol. The highest BCUT2D eigenvalue weighted by atomic mass is 16.5. The lowest BCUT2D eigenvalue weighted by atomic mass is 10.2. The van der Waals surface area contributed by atoms with E-state index in [4.69, 9.17) is 9.47 Å². The van der Waals surface area contributed by atoms with Crippen LogP contribution in [-0.4, -0.2) is 30.6 Å². The number of pyridine rings is 1. The van der Waals surface area contributed by atoms with Crippen molar-refractivity contribution >= 4 is 5.78 Å². The largest absolute Gasteiger partial charge is 0.475 e. The predicted octanol–water partition coefficient (Wildman–Crippen LogP) is 2.48. The van der Waals surface area contributed by atoms with Crippen LogP contribution in [0.3, 0.4) is 0 Å². The van der Waals surface area contributed by atoms with E-state index in [1.54, 1.807) is 18.3 Å². The minimum atomic E-state index is 0.0106. The standard InChI is InChI=1S/C13H19NO3/c1-3-4-7-16-8-9-17-13-10-12(11(2)15)5-6-14-13/h5-6,10H,3-4,7-9H2,1-2H3. The Morgan fingerprint density at radius 1 is 1.35 bits per heavy atom. The van der Waals surface area contributed by atoms with Gasteiger partial charge >= 0.3 is 0 Å². The number of unbranched alkanes of at least 4 members (excludes halogenated alkanes) is 1. The van der Waals surface area contributed by atoms with Crippen molar-refractivity contribution in [3.63, 3.8) is 0 Å². The zero-order valence-electron chi connectivity index (χ0n) is 10.4. The van der Waals surface area contributed by atoms with Crippen molar-refractivity contribution in [3.8, 4) is 5.88 Å². The van der Waals surface area contributed by atoms with E-state index in [2.05, 4.69) is 11.9 Å². The predicted molar refractivity (Wildman–Crippen MR) is 65.5 cm³/mol. The Bertz CT molecular complexity index is 352. The first-order valence-corrected chi connectivity index (χ1v) is 5.91. The molecule has 1 heterocycles. The number of nitrogens with zero attached hydrogens (tertiary/aromatic N) is 1. The fourth-order valence-corrected chi connectivity index (χ4v) is 1.26. The van der Waals surface area contributed by atoms with E-state index in [-0.39, 0.29) is 5.78 Å². The zero-order valence-corrected chi connectivity index (χ0v) is 10.4. The van der Waals surface area contributed by atoms with E-state index in [1.807, 2.05) is 0 Å². The maximum Gasteiger partial charge on any atom is 0.213 e. The minimum absolute atomic E-state index is 0.0106. The average molecular weight is 237 g/mol. The number of carbonyl (C=O) groups is 1. The van der Waals surface area contributed by atoms with Gasteiger partial charge in [0.2, 0.25) is 5.88 Å². The van der Waals surface area contributed by atoms with Crippen molar-refractivity contribution in [2.45, 2.75) is 26.7 Å². The van der Waals surface area contributed by atoms with Gasteiger partial charge in [-0.15, -0.1) is 0 Å². The second kappa shape index (κ2) is 7.79. The summed E-state index contributed by atoms with van der Waals surface area (Å²) in [6.07, 6.45) is 3.77. The van der Waals surface area contributed by atoms with Crippen LogP contribution >= 0.6 is 0 Å². The summed E-state index contributed by atoms with van der Waals surface area (Å²) in [7, 11) is 0. The van der Waals surface area contributed by atoms with E-state index in [1.165, 1.54) is 6.92 Å². The van der Waals surface area contributed by atoms with Crippen molar-refractivity contribution in [1.82, 2.24) is 4.98 Å². The summed E-state index contributed by atoms with van der Waals surface area (Å²) in [4.78, 5) is 15.2. The fraction of sp³-hybridized carbons (Fsp3) is 0.538. The molecule has 0 radical (unpaired) electrons. The molecule has 0 saturated carbocycles. The van der Waals surface area contributed by atoms with Crippen LogP contribution in [-0.2, 0) is 4.74 Å². The minimum Gasteiger partial charge on any atom is -0.475 e. The van der Waals surface area contributed by atoms with Gasteiger partial charge in [-0.2, -0.15) is 0 Å². The Balaban J connectivity index is 2.27. The van der Waals surface area contributed by atoms with E-state index in [9.17, 15) is 4.79 Å². The van der Waals surface area contributed by atoms with Crippen LogP contribution in [0.1, 0.15) is 37.0 Å². The number of ketones is 1. The van der Waals surface area contributed by atoms with Crippen molar-refractivity contribution in [2.75, 3.05) is 19.8 Å². The SMILES string of the molecule is CCCCOCCOc1cc(C(C)=O)ccn1. The van der Waals surface area contributed by atoms with Gasteiger partial charge in [-0.1, -0.05) is 13.3 Å². The first-order chi connectivity index (χ1) is 8.24. The Hall–Kier alpha value is -1.42. The summed E-state index contributed by atoms with van der Waals surface area (Å²) in [6, 6.07) is 3.32. The van der Waals surface area contributed by atoms with Crippen molar-refractivity contribution < 1.29 is 14.3 Å². The summed E-state index contributed by atoms with van der Waals surface area (Å²) in [5, 5.41) is 0. The first kappa shape index (κ1) is 13.6. The van der Waals surface area contributed by atoms with Gasteiger partial charge in [0.05, 0.1) is 6.61 Å². The van der Waals surface area contributed by atoms with Crippen molar-refractivity contribution in [1.29, 1.82) is 0 Å². The van der Waals surface area contributed by atoms with Crippen LogP contribution in [0, 0.1) is 0 Å². The molecule has 0 fully saturated rings. The highest BCUT2D eigenvalue weighted by Gasteiger charge is 2.02. The maximum absolute atomic E-state index is 11.1. The molecule has 0 aliphatic carbocycles. The Morgan fingerprint density at radius 3 is 2.88 bits per heavy atom. The van der Waals surface area contributed by atoms with Crippen molar-refractivity contribution in [3.05, 3.63) is 23.9 Å². The molecule has 0 saturated heterocycles. The topological polar surface area (TPSA) is 48.4 Å². The molecule has 0 N–H and O–H groups in total. The molecule has 0 aromatic carbocycles. The third-order valence-corrected chi connectivity index (χ3v) is 2.26. The summed E-state index contributed by atoms with van der Waals surface area (Å²) in [5.41, 5.74) is 0.613. The molecule has 0 unspecified atom stereocenters. The Labute approximate surface area is 102 Å². The number of hydrogen-bond acceptors (Lipinski definition) is 4. The smallest absolute Gasteiger partial charge is 0.213 e. The molecule has 4 nitrogen and oxygen atoms in total. The van der Waals surface area contributed by atoms with Crippen LogP contribution < -0.4 is 4.74 Å². The number of rotatable bonds is 8. The van der Waals surface area contributed by atoms with E-state index in [0.717, 1.165) is 19.4 Å². The highest BCUT2D eigenvalue weighted by Crippen LogP contribution is 2.09. The highest BCUT2D eigenvalue weighted by molar-refractivity contribution is 5.94. The van der Waals surface area contributed by atoms with Gasteiger partial charge < -0.3 is 9.47 Å². The number of aromatic nitrogens is 1. The quantitative estimate of drug-likeness (QED) is 0.515. The van der Waals surface area contributed by atoms with Gasteiger partial charge in [0.1, 0.15) is 6.61 Å². The van der Waals surface area contributed by atoms with Crippen LogP contribution in [0.25, 0.3) is 0 Å². The number of Topliss-reactive ketones (excluding diaryl/α,β-unsaturated/α-hetero) is 1. The lowest BCUT2D eigenvalue weighted by molar-refractivity contribution is 0.0962. The lowest BCUT2D eigenvalue weighted by Gasteiger charge is -2.06. The van der Waals surface area contributed by atoms with Gasteiger partial charge in [0.25, 0.3) is 0 Å². The second-order valence-electron chi connectivity index (χ2n) is 3.75. The van der Waals surface area contributed by atoms with Crippen LogP contribution in [0.4, 0.5) is 0 Å². The second-order valence-corrected chi connectivity index (χ2v) is 3.75. The molecule has 1 aromatic heterocycles. The van der Waals surface area contributed by atoms with Gasteiger partial charge in [-0.05, 0) is 19.4 Å². The molecular formula is C13H19NO3. The Kier molecular flexibility index (Phi) is 6.25. The van der Waals surface area contributed by atoms with Gasteiger partial charge in [0, 0.05) is 24.4 Å². The summed E-state index contributed by atoms with van der Waals surface area (Å²) in [5.74, 6) is 0.480. The molecule has 4 heteroatoms. The van der Waals surface area contributed by atoms with E-state index in [0.29, 0.717) is 24.7 Å². The summed E-state index contributed by atoms with van der Waals surface area (Å²) < 4.78 is 10.7. The molecule has 1 aromatic rings. The lowest BCUT2D eigenvalue weighted by Crippen LogP contribution is -2.08. The van der Waals surface area contributed by atoms with Crippen LogP contribution in [0.2, 0.25) is 0 Å². The van der Waals surface area contributed by atoms with Crippen molar-refractivity contribution in [2.24, 2.45) is 0 Å². The maximum atomic E-state index is 11.1. The Morgan fingerprint density at radius 2 is 2.18 bits per heavy atom.